The molecule has 0 radical (unpaired) electrons. The molecule has 3 nitrogen and oxygen atoms in total. The van der Waals surface area contributed by atoms with Crippen LogP contribution in [0.25, 0.3) is 0 Å². The summed E-state index contributed by atoms with van der Waals surface area (Å²) >= 11 is 0. The molecule has 3 heteroatoms. The van der Waals surface area contributed by atoms with E-state index in [2.05, 4.69) is 10.5 Å². The molecule has 0 aliphatic carbocycles. The van der Waals surface area contributed by atoms with Crippen LogP contribution in [-0.2, 0) is 0 Å². The SMILES string of the molecule is CC[C@@H](NO)c1cccnc1. The van der Waals surface area contributed by atoms with Crippen LogP contribution in [0.3, 0.4) is 0 Å². The molecule has 0 fully saturated rings. The largest absolute Gasteiger partial charge is 0.316 e. The van der Waals surface area contributed by atoms with Gasteiger partial charge in [-0.05, 0) is 18.1 Å². The van der Waals surface area contributed by atoms with Crippen molar-refractivity contribution >= 4 is 0 Å². The maximum Gasteiger partial charge on any atom is 0.0581 e. The van der Waals surface area contributed by atoms with E-state index in [-0.39, 0.29) is 6.04 Å². The van der Waals surface area contributed by atoms with Gasteiger partial charge in [-0.3, -0.25) is 4.98 Å². The Morgan fingerprint density at radius 2 is 2.55 bits per heavy atom. The van der Waals surface area contributed by atoms with Crippen LogP contribution >= 0.6 is 0 Å². The first kappa shape index (κ1) is 8.17. The summed E-state index contributed by atoms with van der Waals surface area (Å²) in [5.74, 6) is 0. The van der Waals surface area contributed by atoms with E-state index >= 15 is 0 Å². The molecule has 1 atom stereocenters. The summed E-state index contributed by atoms with van der Waals surface area (Å²) in [6.07, 6.45) is 4.31. The van der Waals surface area contributed by atoms with Gasteiger partial charge in [-0.1, -0.05) is 13.0 Å². The average molecular weight is 152 g/mol. The molecule has 1 heterocycles. The predicted molar refractivity (Wildman–Crippen MR) is 42.2 cm³/mol. The molecule has 60 valence electrons. The van der Waals surface area contributed by atoms with Crippen molar-refractivity contribution in [2.45, 2.75) is 19.4 Å². The Balaban J connectivity index is 2.74. The standard InChI is InChI=1S/C8H12N2O/c1-2-8(10-11)7-4-3-5-9-6-7/h3-6,8,10-11H,2H2,1H3/t8-/m1/s1. The minimum Gasteiger partial charge on any atom is -0.316 e. The second-order valence-electron chi connectivity index (χ2n) is 2.38. The zero-order chi connectivity index (χ0) is 8.10. The topological polar surface area (TPSA) is 45.1 Å². The van der Waals surface area contributed by atoms with Crippen molar-refractivity contribution in [3.8, 4) is 0 Å². The highest BCUT2D eigenvalue weighted by molar-refractivity contribution is 5.12. The number of hydrogen-bond acceptors (Lipinski definition) is 3. The molecule has 0 aliphatic heterocycles. The summed E-state index contributed by atoms with van der Waals surface area (Å²) in [5.41, 5.74) is 3.24. The normalized spacial score (nSPS) is 12.9. The molecule has 1 aromatic rings. The number of rotatable bonds is 3. The van der Waals surface area contributed by atoms with E-state index in [0.717, 1.165) is 12.0 Å². The number of hydrogen-bond donors (Lipinski definition) is 2. The van der Waals surface area contributed by atoms with Gasteiger partial charge in [0.25, 0.3) is 0 Å². The minimum atomic E-state index is 0.00343. The van der Waals surface area contributed by atoms with Crippen molar-refractivity contribution < 1.29 is 5.21 Å². The molecule has 2 N–H and O–H groups in total. The first-order valence-electron chi connectivity index (χ1n) is 3.68. The van der Waals surface area contributed by atoms with Crippen LogP contribution in [-0.4, -0.2) is 10.2 Å². The monoisotopic (exact) mass is 152 g/mol. The smallest absolute Gasteiger partial charge is 0.0581 e. The van der Waals surface area contributed by atoms with E-state index in [1.54, 1.807) is 12.4 Å². The Labute approximate surface area is 66.0 Å². The number of aromatic nitrogens is 1. The molecule has 0 unspecified atom stereocenters. The van der Waals surface area contributed by atoms with Crippen molar-refractivity contribution in [3.63, 3.8) is 0 Å². The molecule has 11 heavy (non-hydrogen) atoms. The Bertz CT molecular complexity index is 197. The Kier molecular flexibility index (Phi) is 3.01. The van der Waals surface area contributed by atoms with Gasteiger partial charge in [-0.2, -0.15) is 5.48 Å². The summed E-state index contributed by atoms with van der Waals surface area (Å²) in [6, 6.07) is 3.79. The van der Waals surface area contributed by atoms with E-state index in [4.69, 9.17) is 5.21 Å². The van der Waals surface area contributed by atoms with E-state index in [1.165, 1.54) is 0 Å². The molecule has 0 spiro atoms. The van der Waals surface area contributed by atoms with Gasteiger partial charge >= 0.3 is 0 Å². The molecule has 0 saturated carbocycles. The van der Waals surface area contributed by atoms with Gasteiger partial charge in [0.1, 0.15) is 0 Å². The van der Waals surface area contributed by atoms with Gasteiger partial charge < -0.3 is 5.21 Å². The average Bonchev–Trinajstić information content (AvgIpc) is 2.09. The van der Waals surface area contributed by atoms with Gasteiger partial charge in [0.15, 0.2) is 0 Å². The number of pyridine rings is 1. The summed E-state index contributed by atoms with van der Waals surface area (Å²) in [7, 11) is 0. The Morgan fingerprint density at radius 3 is 3.00 bits per heavy atom. The molecule has 0 amide bonds. The van der Waals surface area contributed by atoms with Crippen molar-refractivity contribution in [2.24, 2.45) is 0 Å². The Hall–Kier alpha value is -0.930. The maximum atomic E-state index is 8.70. The highest BCUT2D eigenvalue weighted by atomic mass is 16.5. The molecule has 0 aliphatic rings. The Morgan fingerprint density at radius 1 is 1.73 bits per heavy atom. The predicted octanol–water partition coefficient (Wildman–Crippen LogP) is 1.51. The fraction of sp³-hybridized carbons (Fsp3) is 0.375. The summed E-state index contributed by atoms with van der Waals surface area (Å²) < 4.78 is 0. The minimum absolute atomic E-state index is 0.00343. The molecule has 0 saturated heterocycles. The van der Waals surface area contributed by atoms with Gasteiger partial charge in [0.05, 0.1) is 6.04 Å². The summed E-state index contributed by atoms with van der Waals surface area (Å²) in [6.45, 7) is 2.00. The molecule has 1 rings (SSSR count). The van der Waals surface area contributed by atoms with E-state index in [0.29, 0.717) is 0 Å². The van der Waals surface area contributed by atoms with Gasteiger partial charge in [0, 0.05) is 12.4 Å². The molecular weight excluding hydrogens is 140 g/mol. The summed E-state index contributed by atoms with van der Waals surface area (Å²) in [4.78, 5) is 3.95. The lowest BCUT2D eigenvalue weighted by Crippen LogP contribution is -2.15. The second kappa shape index (κ2) is 4.05. The zero-order valence-corrected chi connectivity index (χ0v) is 6.49. The lowest BCUT2D eigenvalue weighted by molar-refractivity contribution is 0.124. The first-order chi connectivity index (χ1) is 5.38. The van der Waals surface area contributed by atoms with Crippen LogP contribution in [0.2, 0.25) is 0 Å². The molecule has 0 bridgehead atoms. The van der Waals surface area contributed by atoms with Gasteiger partial charge in [-0.25, -0.2) is 0 Å². The third-order valence-electron chi connectivity index (χ3n) is 1.65. The van der Waals surface area contributed by atoms with Crippen LogP contribution in [0, 0.1) is 0 Å². The zero-order valence-electron chi connectivity index (χ0n) is 6.49. The maximum absolute atomic E-state index is 8.70. The molecular formula is C8H12N2O. The number of nitrogens with zero attached hydrogens (tertiary/aromatic N) is 1. The van der Waals surface area contributed by atoms with Crippen molar-refractivity contribution in [1.82, 2.24) is 10.5 Å². The third-order valence-corrected chi connectivity index (χ3v) is 1.65. The molecule has 0 aromatic carbocycles. The van der Waals surface area contributed by atoms with Gasteiger partial charge in [-0.15, -0.1) is 0 Å². The van der Waals surface area contributed by atoms with E-state index < -0.39 is 0 Å². The van der Waals surface area contributed by atoms with Gasteiger partial charge in [0.2, 0.25) is 0 Å². The summed E-state index contributed by atoms with van der Waals surface area (Å²) in [5, 5.41) is 8.70. The van der Waals surface area contributed by atoms with E-state index in [1.807, 2.05) is 19.1 Å². The van der Waals surface area contributed by atoms with E-state index in [9.17, 15) is 0 Å². The van der Waals surface area contributed by atoms with Crippen LogP contribution in [0.5, 0.6) is 0 Å². The van der Waals surface area contributed by atoms with Crippen molar-refractivity contribution in [3.05, 3.63) is 30.1 Å². The first-order valence-corrected chi connectivity index (χ1v) is 3.68. The fourth-order valence-corrected chi connectivity index (χ4v) is 0.984. The number of hydroxylamine groups is 1. The highest BCUT2D eigenvalue weighted by Gasteiger charge is 2.05. The lowest BCUT2D eigenvalue weighted by Gasteiger charge is -2.11. The third kappa shape index (κ3) is 2.00. The second-order valence-corrected chi connectivity index (χ2v) is 2.38. The quantitative estimate of drug-likeness (QED) is 0.645. The molecule has 1 aromatic heterocycles. The van der Waals surface area contributed by atoms with Crippen molar-refractivity contribution in [2.75, 3.05) is 0 Å². The van der Waals surface area contributed by atoms with Crippen molar-refractivity contribution in [1.29, 1.82) is 0 Å². The van der Waals surface area contributed by atoms with Crippen LogP contribution in [0.1, 0.15) is 24.9 Å². The number of nitrogens with one attached hydrogen (secondary N) is 1. The van der Waals surface area contributed by atoms with Crippen LogP contribution in [0.15, 0.2) is 24.5 Å². The van der Waals surface area contributed by atoms with Crippen LogP contribution in [0.4, 0.5) is 0 Å². The van der Waals surface area contributed by atoms with Crippen LogP contribution < -0.4 is 5.48 Å². The lowest BCUT2D eigenvalue weighted by atomic mass is 10.1. The highest BCUT2D eigenvalue weighted by Crippen LogP contribution is 2.13. The fourth-order valence-electron chi connectivity index (χ4n) is 0.984.